The number of amides is 1. The molecule has 2 rings (SSSR count). The van der Waals surface area contributed by atoms with Crippen LogP contribution in [0.1, 0.15) is 22.8 Å². The van der Waals surface area contributed by atoms with E-state index in [9.17, 15) is 17.6 Å². The van der Waals surface area contributed by atoms with Crippen LogP contribution in [0.5, 0.6) is 0 Å². The lowest BCUT2D eigenvalue weighted by atomic mass is 10.2. The van der Waals surface area contributed by atoms with Crippen molar-refractivity contribution in [1.82, 2.24) is 5.32 Å². The van der Waals surface area contributed by atoms with E-state index in [1.807, 2.05) is 0 Å². The molecule has 9 heteroatoms. The highest BCUT2D eigenvalue weighted by Crippen LogP contribution is 2.23. The molecule has 0 heterocycles. The molecule has 2 aromatic rings. The van der Waals surface area contributed by atoms with E-state index in [0.717, 1.165) is 6.26 Å². The number of carbonyl (C=O) groups excluding carboxylic acids is 1. The molecule has 0 spiro atoms. The van der Waals surface area contributed by atoms with Crippen molar-refractivity contribution in [2.75, 3.05) is 29.4 Å². The number of hydrogen-bond donors (Lipinski definition) is 1. The fraction of sp³-hybridized carbons (Fsp3) is 0.316. The summed E-state index contributed by atoms with van der Waals surface area (Å²) < 4.78 is 38.4. The molecule has 152 valence electrons. The summed E-state index contributed by atoms with van der Waals surface area (Å²) in [5, 5.41) is 3.18. The van der Waals surface area contributed by atoms with Crippen LogP contribution < -0.4 is 9.62 Å². The Morgan fingerprint density at radius 3 is 2.46 bits per heavy atom. The number of halogens is 2. The van der Waals surface area contributed by atoms with E-state index in [1.165, 1.54) is 22.1 Å². The van der Waals surface area contributed by atoms with Gasteiger partial charge in [0, 0.05) is 40.7 Å². The zero-order chi connectivity index (χ0) is 20.7. The number of carbonyl (C=O) groups is 1. The second-order valence-corrected chi connectivity index (χ2v) is 9.40. The summed E-state index contributed by atoms with van der Waals surface area (Å²) in [6, 6.07) is 11.0. The molecule has 0 unspecified atom stereocenters. The van der Waals surface area contributed by atoms with Gasteiger partial charge < -0.3 is 5.32 Å². The van der Waals surface area contributed by atoms with Crippen molar-refractivity contribution in [3.8, 4) is 0 Å². The van der Waals surface area contributed by atoms with Crippen LogP contribution >= 0.6 is 23.4 Å². The molecule has 0 fully saturated rings. The first-order valence-corrected chi connectivity index (χ1v) is 12.0. The van der Waals surface area contributed by atoms with E-state index in [4.69, 9.17) is 11.6 Å². The van der Waals surface area contributed by atoms with Crippen molar-refractivity contribution in [1.29, 1.82) is 0 Å². The zero-order valence-electron chi connectivity index (χ0n) is 15.6. The molecule has 0 aliphatic heterocycles. The first kappa shape index (κ1) is 22.5. The molecule has 1 N–H and O–H groups in total. The zero-order valence-corrected chi connectivity index (χ0v) is 18.0. The fourth-order valence-electron chi connectivity index (χ4n) is 2.57. The maximum Gasteiger partial charge on any atom is 0.251 e. The van der Waals surface area contributed by atoms with Gasteiger partial charge in [0.2, 0.25) is 10.0 Å². The molecular formula is C19H22ClFN2O3S2. The molecule has 0 saturated heterocycles. The Morgan fingerprint density at radius 1 is 1.21 bits per heavy atom. The third kappa shape index (κ3) is 6.12. The highest BCUT2D eigenvalue weighted by Gasteiger charge is 2.15. The van der Waals surface area contributed by atoms with Gasteiger partial charge in [0.1, 0.15) is 5.82 Å². The number of nitrogens with one attached hydrogen (secondary N) is 1. The monoisotopic (exact) mass is 444 g/mol. The Kier molecular flexibility index (Phi) is 8.15. The predicted octanol–water partition coefficient (Wildman–Crippen LogP) is 3.93. The van der Waals surface area contributed by atoms with Gasteiger partial charge in [-0.2, -0.15) is 11.8 Å². The minimum absolute atomic E-state index is 0.251. The van der Waals surface area contributed by atoms with E-state index < -0.39 is 10.0 Å². The van der Waals surface area contributed by atoms with Gasteiger partial charge in [-0.25, -0.2) is 12.8 Å². The third-order valence-electron chi connectivity index (χ3n) is 3.95. The number of anilines is 1. The summed E-state index contributed by atoms with van der Waals surface area (Å²) in [4.78, 5) is 12.2. The van der Waals surface area contributed by atoms with Crippen molar-refractivity contribution in [2.24, 2.45) is 0 Å². The summed E-state index contributed by atoms with van der Waals surface area (Å²) >= 11 is 7.45. The fourth-order valence-corrected chi connectivity index (χ4v) is 4.74. The molecule has 0 atom stereocenters. The molecule has 0 bridgehead atoms. The van der Waals surface area contributed by atoms with Crippen molar-refractivity contribution >= 4 is 45.0 Å². The Bertz CT molecular complexity index is 901. The van der Waals surface area contributed by atoms with Gasteiger partial charge in [-0.05, 0) is 43.3 Å². The van der Waals surface area contributed by atoms with Crippen molar-refractivity contribution in [3.05, 3.63) is 64.4 Å². The number of sulfonamides is 1. The van der Waals surface area contributed by atoms with Crippen LogP contribution in [0.4, 0.5) is 10.1 Å². The van der Waals surface area contributed by atoms with Crippen LogP contribution in [0.15, 0.2) is 42.5 Å². The van der Waals surface area contributed by atoms with Crippen LogP contribution in [0.25, 0.3) is 0 Å². The van der Waals surface area contributed by atoms with Crippen LogP contribution in [0, 0.1) is 5.82 Å². The van der Waals surface area contributed by atoms with Crippen LogP contribution in [-0.2, 0) is 15.8 Å². The highest BCUT2D eigenvalue weighted by molar-refractivity contribution is 7.98. The number of benzene rings is 2. The van der Waals surface area contributed by atoms with Gasteiger partial charge in [-0.3, -0.25) is 9.10 Å². The minimum atomic E-state index is -3.36. The number of thioether (sulfide) groups is 1. The second kappa shape index (κ2) is 10.1. The number of nitrogens with zero attached hydrogens (tertiary/aromatic N) is 1. The number of rotatable bonds is 9. The van der Waals surface area contributed by atoms with Crippen molar-refractivity contribution in [3.63, 3.8) is 0 Å². The largest absolute Gasteiger partial charge is 0.351 e. The normalized spacial score (nSPS) is 11.3. The summed E-state index contributed by atoms with van der Waals surface area (Å²) in [6.07, 6.45) is 1.14. The number of hydrogen-bond acceptors (Lipinski definition) is 4. The Morgan fingerprint density at radius 2 is 1.89 bits per heavy atom. The van der Waals surface area contributed by atoms with Crippen LogP contribution in [0.2, 0.25) is 5.02 Å². The molecular weight excluding hydrogens is 423 g/mol. The van der Waals surface area contributed by atoms with E-state index in [-0.39, 0.29) is 11.7 Å². The average Bonchev–Trinajstić information content (AvgIpc) is 2.63. The van der Waals surface area contributed by atoms with E-state index >= 15 is 0 Å². The maximum atomic E-state index is 13.7. The molecule has 0 saturated carbocycles. The summed E-state index contributed by atoms with van der Waals surface area (Å²) in [5.74, 6) is 0.443. The predicted molar refractivity (Wildman–Crippen MR) is 114 cm³/mol. The quantitative estimate of drug-likeness (QED) is 0.595. The molecule has 1 amide bonds. The van der Waals surface area contributed by atoms with E-state index in [0.29, 0.717) is 46.4 Å². The first-order chi connectivity index (χ1) is 13.2. The molecule has 5 nitrogen and oxygen atoms in total. The Balaban J connectivity index is 1.83. The standard InChI is InChI=1S/C19H22ClFN2O3S2/c1-3-23(28(2,25)26)15-9-7-14(8-10-15)19(24)22-11-12-27-13-16-17(20)5-4-6-18(16)21/h4-10H,3,11-13H2,1-2H3,(H,22,24). The first-order valence-electron chi connectivity index (χ1n) is 8.60. The van der Waals surface area contributed by atoms with Gasteiger partial charge in [-0.15, -0.1) is 0 Å². The van der Waals surface area contributed by atoms with Gasteiger partial charge in [0.25, 0.3) is 5.91 Å². The van der Waals surface area contributed by atoms with Crippen LogP contribution in [-0.4, -0.2) is 39.4 Å². The third-order valence-corrected chi connectivity index (χ3v) is 6.55. The smallest absolute Gasteiger partial charge is 0.251 e. The Hall–Kier alpha value is -1.77. The average molecular weight is 445 g/mol. The van der Waals surface area contributed by atoms with Gasteiger partial charge >= 0.3 is 0 Å². The SMILES string of the molecule is CCN(c1ccc(C(=O)NCCSCc2c(F)cccc2Cl)cc1)S(C)(=O)=O. The van der Waals surface area contributed by atoms with Crippen LogP contribution in [0.3, 0.4) is 0 Å². The van der Waals surface area contributed by atoms with Gasteiger partial charge in [0.05, 0.1) is 11.9 Å². The van der Waals surface area contributed by atoms with Gasteiger partial charge in [0.15, 0.2) is 0 Å². The molecule has 2 aromatic carbocycles. The summed E-state index contributed by atoms with van der Waals surface area (Å²) in [5.41, 5.74) is 1.41. The summed E-state index contributed by atoms with van der Waals surface area (Å²) in [7, 11) is -3.36. The molecule has 0 aliphatic rings. The topological polar surface area (TPSA) is 66.5 Å². The minimum Gasteiger partial charge on any atom is -0.351 e. The highest BCUT2D eigenvalue weighted by atomic mass is 35.5. The lowest BCUT2D eigenvalue weighted by Crippen LogP contribution is -2.29. The van der Waals surface area contributed by atoms with E-state index in [2.05, 4.69) is 5.32 Å². The lowest BCUT2D eigenvalue weighted by Gasteiger charge is -2.20. The van der Waals surface area contributed by atoms with Crippen molar-refractivity contribution in [2.45, 2.75) is 12.7 Å². The second-order valence-electron chi connectivity index (χ2n) is 5.98. The molecule has 0 aliphatic carbocycles. The van der Waals surface area contributed by atoms with Crippen molar-refractivity contribution < 1.29 is 17.6 Å². The molecule has 28 heavy (non-hydrogen) atoms. The van der Waals surface area contributed by atoms with Gasteiger partial charge in [-0.1, -0.05) is 17.7 Å². The maximum absolute atomic E-state index is 13.7. The lowest BCUT2D eigenvalue weighted by molar-refractivity contribution is 0.0956. The Labute approximate surface area is 174 Å². The molecule has 0 aromatic heterocycles. The molecule has 0 radical (unpaired) electrons. The van der Waals surface area contributed by atoms with E-state index in [1.54, 1.807) is 43.3 Å². The summed E-state index contributed by atoms with van der Waals surface area (Å²) in [6.45, 7) is 2.48.